The SMILES string of the molecule is O=C(O)CN1C(=O)COc2ccc(S(=O)(=O)Nc3ccc(-c4cnc(C5CC5)o4)cc3)cc21. The molecule has 11 heteroatoms. The Morgan fingerprint density at radius 2 is 1.94 bits per heavy atom. The van der Waals surface area contributed by atoms with Crippen LogP contribution >= 0.6 is 0 Å². The van der Waals surface area contributed by atoms with Gasteiger partial charge in [-0.25, -0.2) is 13.4 Å². The summed E-state index contributed by atoms with van der Waals surface area (Å²) in [5.41, 5.74) is 1.18. The van der Waals surface area contributed by atoms with E-state index < -0.39 is 28.4 Å². The number of sulfonamides is 1. The molecule has 0 atom stereocenters. The van der Waals surface area contributed by atoms with Crippen LogP contribution in [0.3, 0.4) is 0 Å². The average Bonchev–Trinajstić information content (AvgIpc) is 3.52. The Morgan fingerprint density at radius 3 is 2.64 bits per heavy atom. The van der Waals surface area contributed by atoms with E-state index >= 15 is 0 Å². The van der Waals surface area contributed by atoms with Gasteiger partial charge in [0.1, 0.15) is 12.3 Å². The summed E-state index contributed by atoms with van der Waals surface area (Å²) in [5.74, 6) is 0.176. The second-order valence-electron chi connectivity index (χ2n) is 7.81. The number of aromatic nitrogens is 1. The first-order valence-corrected chi connectivity index (χ1v) is 11.7. The van der Waals surface area contributed by atoms with Crippen LogP contribution in [0.4, 0.5) is 11.4 Å². The molecule has 170 valence electrons. The lowest BCUT2D eigenvalue weighted by Gasteiger charge is -2.28. The number of carboxylic acids is 1. The van der Waals surface area contributed by atoms with Gasteiger partial charge < -0.3 is 14.3 Å². The summed E-state index contributed by atoms with van der Waals surface area (Å²) < 4.78 is 39.4. The zero-order valence-electron chi connectivity index (χ0n) is 17.2. The lowest BCUT2D eigenvalue weighted by molar-refractivity contribution is -0.137. The highest BCUT2D eigenvalue weighted by Gasteiger charge is 2.30. The molecule has 0 radical (unpaired) electrons. The Labute approximate surface area is 188 Å². The van der Waals surface area contributed by atoms with Gasteiger partial charge in [-0.2, -0.15) is 0 Å². The summed E-state index contributed by atoms with van der Waals surface area (Å²) in [6.45, 7) is -0.915. The maximum atomic E-state index is 12.9. The molecule has 3 aromatic rings. The van der Waals surface area contributed by atoms with E-state index in [9.17, 15) is 18.0 Å². The van der Waals surface area contributed by atoms with Crippen molar-refractivity contribution in [2.45, 2.75) is 23.7 Å². The molecule has 1 fully saturated rings. The van der Waals surface area contributed by atoms with Crippen molar-refractivity contribution in [1.29, 1.82) is 0 Å². The van der Waals surface area contributed by atoms with Crippen molar-refractivity contribution in [2.24, 2.45) is 0 Å². The highest BCUT2D eigenvalue weighted by atomic mass is 32.2. The van der Waals surface area contributed by atoms with E-state index in [1.807, 2.05) is 0 Å². The number of carbonyl (C=O) groups excluding carboxylic acids is 1. The number of benzene rings is 2. The lowest BCUT2D eigenvalue weighted by atomic mass is 10.2. The first-order valence-electron chi connectivity index (χ1n) is 10.2. The molecule has 0 unspecified atom stereocenters. The van der Waals surface area contributed by atoms with Crippen molar-refractivity contribution in [3.63, 3.8) is 0 Å². The number of carbonyl (C=O) groups is 2. The maximum Gasteiger partial charge on any atom is 0.323 e. The summed E-state index contributed by atoms with van der Waals surface area (Å²) in [4.78, 5) is 28.4. The molecule has 0 bridgehead atoms. The number of rotatable bonds is 7. The first kappa shape index (κ1) is 21.0. The molecule has 2 aliphatic rings. The summed E-state index contributed by atoms with van der Waals surface area (Å²) in [6.07, 6.45) is 3.82. The smallest absolute Gasteiger partial charge is 0.323 e. The number of carboxylic acid groups (broad SMARTS) is 1. The molecular weight excluding hydrogens is 450 g/mol. The predicted molar refractivity (Wildman–Crippen MR) is 117 cm³/mol. The van der Waals surface area contributed by atoms with Crippen LogP contribution in [0.15, 0.2) is 58.0 Å². The Morgan fingerprint density at radius 1 is 1.18 bits per heavy atom. The summed E-state index contributed by atoms with van der Waals surface area (Å²) in [5, 5.41) is 9.09. The molecule has 2 aromatic carbocycles. The largest absolute Gasteiger partial charge is 0.482 e. The molecule has 1 aliphatic carbocycles. The summed E-state index contributed by atoms with van der Waals surface area (Å²) >= 11 is 0. The van der Waals surface area contributed by atoms with Crippen LogP contribution in [0.2, 0.25) is 0 Å². The van der Waals surface area contributed by atoms with Crippen LogP contribution in [-0.4, -0.2) is 43.5 Å². The number of ether oxygens (including phenoxy) is 1. The van der Waals surface area contributed by atoms with E-state index in [1.54, 1.807) is 30.5 Å². The van der Waals surface area contributed by atoms with Crippen LogP contribution < -0.4 is 14.4 Å². The van der Waals surface area contributed by atoms with Crippen LogP contribution in [0, 0.1) is 0 Å². The third kappa shape index (κ3) is 4.27. The monoisotopic (exact) mass is 469 g/mol. The van der Waals surface area contributed by atoms with Crippen LogP contribution in [-0.2, 0) is 19.6 Å². The zero-order valence-corrected chi connectivity index (χ0v) is 18.0. The number of anilines is 2. The summed E-state index contributed by atoms with van der Waals surface area (Å²) in [6, 6.07) is 10.6. The second-order valence-corrected chi connectivity index (χ2v) is 9.49. The van der Waals surface area contributed by atoms with Gasteiger partial charge >= 0.3 is 5.97 Å². The molecule has 2 heterocycles. The Hall–Kier alpha value is -3.86. The second kappa shape index (κ2) is 7.93. The minimum Gasteiger partial charge on any atom is -0.482 e. The van der Waals surface area contributed by atoms with Crippen LogP contribution in [0.25, 0.3) is 11.3 Å². The molecule has 33 heavy (non-hydrogen) atoms. The van der Waals surface area contributed by atoms with E-state index in [4.69, 9.17) is 14.3 Å². The zero-order chi connectivity index (χ0) is 23.2. The van der Waals surface area contributed by atoms with Gasteiger partial charge in [-0.1, -0.05) is 0 Å². The van der Waals surface area contributed by atoms with Gasteiger partial charge in [0.25, 0.3) is 15.9 Å². The van der Waals surface area contributed by atoms with E-state index in [0.717, 1.165) is 29.2 Å². The van der Waals surface area contributed by atoms with E-state index in [1.165, 1.54) is 18.2 Å². The van der Waals surface area contributed by atoms with Gasteiger partial charge in [0, 0.05) is 17.2 Å². The molecule has 1 saturated carbocycles. The molecule has 5 rings (SSSR count). The highest BCUT2D eigenvalue weighted by molar-refractivity contribution is 7.92. The van der Waals surface area contributed by atoms with Crippen molar-refractivity contribution in [1.82, 2.24) is 4.98 Å². The number of nitrogens with zero attached hydrogens (tertiary/aromatic N) is 2. The standard InChI is InChI=1S/C22H19N3O7S/c26-20-12-31-18-8-7-16(9-17(18)25(20)11-21(27)28)33(29,30)24-15-5-3-13(4-6-15)19-10-23-22(32-19)14-1-2-14/h3-10,14,24H,1-2,11-12H2,(H,27,28). The molecule has 10 nitrogen and oxygen atoms in total. The Balaban J connectivity index is 1.37. The normalized spacial score (nSPS) is 15.6. The number of hydrogen-bond acceptors (Lipinski definition) is 7. The molecule has 0 spiro atoms. The third-order valence-corrected chi connectivity index (χ3v) is 6.73. The molecule has 1 aliphatic heterocycles. The van der Waals surface area contributed by atoms with Gasteiger partial charge in [-0.15, -0.1) is 0 Å². The number of nitrogens with one attached hydrogen (secondary N) is 1. The Kier molecular flexibility index (Phi) is 5.05. The van der Waals surface area contributed by atoms with Gasteiger partial charge in [-0.05, 0) is 55.3 Å². The van der Waals surface area contributed by atoms with Gasteiger partial charge in [0.15, 0.2) is 18.3 Å². The fourth-order valence-corrected chi connectivity index (χ4v) is 4.59. The lowest BCUT2D eigenvalue weighted by Crippen LogP contribution is -2.42. The first-order chi connectivity index (χ1) is 15.8. The van der Waals surface area contributed by atoms with E-state index in [0.29, 0.717) is 17.4 Å². The van der Waals surface area contributed by atoms with Gasteiger partial charge in [-0.3, -0.25) is 19.2 Å². The van der Waals surface area contributed by atoms with E-state index in [-0.39, 0.29) is 22.9 Å². The molecule has 1 amide bonds. The fraction of sp³-hybridized carbons (Fsp3) is 0.227. The van der Waals surface area contributed by atoms with Crippen molar-refractivity contribution >= 4 is 33.3 Å². The minimum absolute atomic E-state index is 0.0867. The summed E-state index contributed by atoms with van der Waals surface area (Å²) in [7, 11) is -4.02. The number of oxazole rings is 1. The number of hydrogen-bond donors (Lipinski definition) is 2. The molecular formula is C22H19N3O7S. The molecule has 1 aromatic heterocycles. The van der Waals surface area contributed by atoms with E-state index in [2.05, 4.69) is 9.71 Å². The molecule has 2 N–H and O–H groups in total. The highest BCUT2D eigenvalue weighted by Crippen LogP contribution is 2.40. The average molecular weight is 469 g/mol. The molecule has 0 saturated heterocycles. The van der Waals surface area contributed by atoms with Crippen molar-refractivity contribution in [3.05, 3.63) is 54.6 Å². The predicted octanol–water partition coefficient (Wildman–Crippen LogP) is 2.83. The van der Waals surface area contributed by atoms with Crippen molar-refractivity contribution in [3.8, 4) is 17.1 Å². The van der Waals surface area contributed by atoms with Gasteiger partial charge in [0.2, 0.25) is 0 Å². The Bertz CT molecular complexity index is 1340. The number of amides is 1. The topological polar surface area (TPSA) is 139 Å². The number of aliphatic carboxylic acids is 1. The third-order valence-electron chi connectivity index (χ3n) is 5.35. The maximum absolute atomic E-state index is 12.9. The quantitative estimate of drug-likeness (QED) is 0.539. The minimum atomic E-state index is -4.02. The van der Waals surface area contributed by atoms with Crippen LogP contribution in [0.1, 0.15) is 24.7 Å². The van der Waals surface area contributed by atoms with Crippen molar-refractivity contribution < 1.29 is 32.3 Å². The van der Waals surface area contributed by atoms with Gasteiger partial charge in [0.05, 0.1) is 16.8 Å². The fourth-order valence-electron chi connectivity index (χ4n) is 3.51. The number of fused-ring (bicyclic) bond motifs is 1. The van der Waals surface area contributed by atoms with Crippen LogP contribution in [0.5, 0.6) is 5.75 Å². The van der Waals surface area contributed by atoms with Crippen molar-refractivity contribution in [2.75, 3.05) is 22.8 Å².